The lowest BCUT2D eigenvalue weighted by Gasteiger charge is -2.01. The van der Waals surface area contributed by atoms with E-state index in [1.54, 1.807) is 6.07 Å². The molecule has 2 aromatic rings. The Morgan fingerprint density at radius 3 is 2.56 bits per heavy atom. The Morgan fingerprint density at radius 1 is 1.00 bits per heavy atom. The maximum Gasteiger partial charge on any atom is 0.248 e. The van der Waals surface area contributed by atoms with Gasteiger partial charge < -0.3 is 5.73 Å². The molecule has 0 aromatic heterocycles. The van der Waals surface area contributed by atoms with Crippen LogP contribution >= 0.6 is 0 Å². The van der Waals surface area contributed by atoms with E-state index in [2.05, 4.69) is 12.1 Å². The van der Waals surface area contributed by atoms with Crippen LogP contribution in [0.4, 0.5) is 0 Å². The number of nitrogens with two attached hydrogens (primary N) is 1. The van der Waals surface area contributed by atoms with E-state index in [9.17, 15) is 4.79 Å². The van der Waals surface area contributed by atoms with Crippen molar-refractivity contribution >= 4 is 5.91 Å². The minimum absolute atomic E-state index is 0.362. The Hall–Kier alpha value is -2.09. The smallest absolute Gasteiger partial charge is 0.248 e. The van der Waals surface area contributed by atoms with E-state index in [0.717, 1.165) is 6.42 Å². The van der Waals surface area contributed by atoms with E-state index in [1.165, 1.54) is 22.3 Å². The molecule has 0 heterocycles. The standard InChI is InChI=1S/C14H11NO/c15-14(16)10-5-6-13-11(8-10)7-9-3-1-2-4-12(9)13/h1-6,8H,7H2,(H2,15,16). The van der Waals surface area contributed by atoms with Crippen LogP contribution in [0.1, 0.15) is 21.5 Å². The van der Waals surface area contributed by atoms with Gasteiger partial charge in [-0.2, -0.15) is 0 Å². The third-order valence-corrected chi connectivity index (χ3v) is 3.08. The molecule has 0 atom stereocenters. The molecule has 1 amide bonds. The van der Waals surface area contributed by atoms with E-state index >= 15 is 0 Å². The Morgan fingerprint density at radius 2 is 1.75 bits per heavy atom. The van der Waals surface area contributed by atoms with Crippen LogP contribution in [0, 0.1) is 0 Å². The molecule has 1 aliphatic rings. The van der Waals surface area contributed by atoms with Gasteiger partial charge in [-0.25, -0.2) is 0 Å². The first-order valence-corrected chi connectivity index (χ1v) is 5.27. The molecule has 0 unspecified atom stereocenters. The number of carbonyl (C=O) groups is 1. The second kappa shape index (κ2) is 3.20. The topological polar surface area (TPSA) is 43.1 Å². The lowest BCUT2D eigenvalue weighted by atomic mass is 10.0. The minimum Gasteiger partial charge on any atom is -0.366 e. The van der Waals surface area contributed by atoms with Gasteiger partial charge in [0, 0.05) is 5.56 Å². The van der Waals surface area contributed by atoms with Crippen LogP contribution in [0.3, 0.4) is 0 Å². The normalized spacial score (nSPS) is 12.0. The van der Waals surface area contributed by atoms with Crippen LogP contribution in [0.15, 0.2) is 42.5 Å². The molecule has 1 aliphatic carbocycles. The maximum atomic E-state index is 11.1. The first-order chi connectivity index (χ1) is 7.75. The van der Waals surface area contributed by atoms with Gasteiger partial charge in [0.1, 0.15) is 0 Å². The average molecular weight is 209 g/mol. The predicted molar refractivity (Wildman–Crippen MR) is 63.2 cm³/mol. The summed E-state index contributed by atoms with van der Waals surface area (Å²) in [7, 11) is 0. The predicted octanol–water partition coefficient (Wildman–Crippen LogP) is 2.36. The molecule has 2 heteroatoms. The van der Waals surface area contributed by atoms with E-state index in [0.29, 0.717) is 5.56 Å². The summed E-state index contributed by atoms with van der Waals surface area (Å²) in [6.07, 6.45) is 0.895. The zero-order valence-corrected chi connectivity index (χ0v) is 8.73. The zero-order chi connectivity index (χ0) is 11.1. The minimum atomic E-state index is -0.362. The third-order valence-electron chi connectivity index (χ3n) is 3.08. The lowest BCUT2D eigenvalue weighted by Crippen LogP contribution is -2.10. The molecular weight excluding hydrogens is 198 g/mol. The van der Waals surface area contributed by atoms with Crippen molar-refractivity contribution in [3.8, 4) is 11.1 Å². The summed E-state index contributed by atoms with van der Waals surface area (Å²) in [5.74, 6) is -0.362. The highest BCUT2D eigenvalue weighted by molar-refractivity contribution is 5.94. The molecule has 16 heavy (non-hydrogen) atoms. The van der Waals surface area contributed by atoms with E-state index in [-0.39, 0.29) is 5.91 Å². The van der Waals surface area contributed by atoms with Crippen molar-refractivity contribution in [2.75, 3.05) is 0 Å². The van der Waals surface area contributed by atoms with Crippen molar-refractivity contribution in [1.82, 2.24) is 0 Å². The van der Waals surface area contributed by atoms with Gasteiger partial charge in [-0.3, -0.25) is 4.79 Å². The number of hydrogen-bond acceptors (Lipinski definition) is 1. The number of fused-ring (bicyclic) bond motifs is 3. The molecule has 0 radical (unpaired) electrons. The first kappa shape index (κ1) is 9.16. The molecule has 0 saturated heterocycles. The highest BCUT2D eigenvalue weighted by Crippen LogP contribution is 2.36. The second-order valence-electron chi connectivity index (χ2n) is 4.07. The quantitative estimate of drug-likeness (QED) is 0.656. The zero-order valence-electron chi connectivity index (χ0n) is 8.73. The molecule has 78 valence electrons. The van der Waals surface area contributed by atoms with Gasteiger partial charge in [-0.05, 0) is 40.8 Å². The number of benzene rings is 2. The largest absolute Gasteiger partial charge is 0.366 e. The number of rotatable bonds is 1. The maximum absolute atomic E-state index is 11.1. The van der Waals surface area contributed by atoms with Gasteiger partial charge in [0.15, 0.2) is 0 Å². The van der Waals surface area contributed by atoms with Crippen LogP contribution in [0.2, 0.25) is 0 Å². The SMILES string of the molecule is NC(=O)c1ccc2c(c1)Cc1ccccc1-2. The van der Waals surface area contributed by atoms with Crippen LogP contribution in [-0.2, 0) is 6.42 Å². The summed E-state index contributed by atoms with van der Waals surface area (Å²) in [6, 6.07) is 14.0. The van der Waals surface area contributed by atoms with Crippen molar-refractivity contribution in [2.24, 2.45) is 5.73 Å². The molecule has 0 spiro atoms. The van der Waals surface area contributed by atoms with Crippen LogP contribution in [0.25, 0.3) is 11.1 Å². The first-order valence-electron chi connectivity index (χ1n) is 5.27. The van der Waals surface area contributed by atoms with E-state index < -0.39 is 0 Å². The third kappa shape index (κ3) is 1.23. The van der Waals surface area contributed by atoms with Crippen molar-refractivity contribution in [1.29, 1.82) is 0 Å². The second-order valence-corrected chi connectivity index (χ2v) is 4.07. The number of carbonyl (C=O) groups excluding carboxylic acids is 1. The summed E-state index contributed by atoms with van der Waals surface area (Å²) in [6.45, 7) is 0. The molecule has 3 rings (SSSR count). The van der Waals surface area contributed by atoms with Gasteiger partial charge in [0.25, 0.3) is 0 Å². The molecule has 2 aromatic carbocycles. The summed E-state index contributed by atoms with van der Waals surface area (Å²) in [5.41, 5.74) is 10.9. The fourth-order valence-corrected chi connectivity index (χ4v) is 2.30. The molecule has 0 saturated carbocycles. The Kier molecular flexibility index (Phi) is 1.83. The van der Waals surface area contributed by atoms with Crippen molar-refractivity contribution in [3.05, 3.63) is 59.2 Å². The number of hydrogen-bond donors (Lipinski definition) is 1. The number of primary amides is 1. The molecule has 0 bridgehead atoms. The van der Waals surface area contributed by atoms with Gasteiger partial charge in [0.2, 0.25) is 5.91 Å². The van der Waals surface area contributed by atoms with Crippen LogP contribution in [-0.4, -0.2) is 5.91 Å². The fraction of sp³-hybridized carbons (Fsp3) is 0.0714. The monoisotopic (exact) mass is 209 g/mol. The summed E-state index contributed by atoms with van der Waals surface area (Å²) in [5, 5.41) is 0. The molecule has 2 N–H and O–H groups in total. The Labute approximate surface area is 93.7 Å². The van der Waals surface area contributed by atoms with Crippen LogP contribution in [0.5, 0.6) is 0 Å². The average Bonchev–Trinajstić information content (AvgIpc) is 2.66. The molecule has 0 fully saturated rings. The van der Waals surface area contributed by atoms with Crippen molar-refractivity contribution in [3.63, 3.8) is 0 Å². The van der Waals surface area contributed by atoms with E-state index in [1.807, 2.05) is 24.3 Å². The van der Waals surface area contributed by atoms with Gasteiger partial charge in [0.05, 0.1) is 0 Å². The van der Waals surface area contributed by atoms with Crippen molar-refractivity contribution in [2.45, 2.75) is 6.42 Å². The van der Waals surface area contributed by atoms with E-state index in [4.69, 9.17) is 5.73 Å². The molecular formula is C14H11NO. The van der Waals surface area contributed by atoms with Gasteiger partial charge in [-0.15, -0.1) is 0 Å². The lowest BCUT2D eigenvalue weighted by molar-refractivity contribution is 0.1000. The summed E-state index contributed by atoms with van der Waals surface area (Å²) >= 11 is 0. The van der Waals surface area contributed by atoms with Crippen LogP contribution < -0.4 is 5.73 Å². The molecule has 0 aliphatic heterocycles. The highest BCUT2D eigenvalue weighted by atomic mass is 16.1. The summed E-state index contributed by atoms with van der Waals surface area (Å²) in [4.78, 5) is 11.1. The van der Waals surface area contributed by atoms with Crippen molar-refractivity contribution < 1.29 is 4.79 Å². The Bertz CT molecular complexity index is 587. The fourth-order valence-electron chi connectivity index (χ4n) is 2.30. The Balaban J connectivity index is 2.18. The molecule has 2 nitrogen and oxygen atoms in total. The van der Waals surface area contributed by atoms with Gasteiger partial charge in [-0.1, -0.05) is 30.3 Å². The highest BCUT2D eigenvalue weighted by Gasteiger charge is 2.18. The number of amides is 1. The van der Waals surface area contributed by atoms with Gasteiger partial charge >= 0.3 is 0 Å². The summed E-state index contributed by atoms with van der Waals surface area (Å²) < 4.78 is 0.